The monoisotopic (exact) mass is 380 g/mol. The molecule has 0 aliphatic carbocycles. The molecule has 0 spiro atoms. The third-order valence-electron chi connectivity index (χ3n) is 4.88. The van der Waals surface area contributed by atoms with E-state index in [2.05, 4.69) is 5.32 Å². The average Bonchev–Trinajstić information content (AvgIpc) is 2.93. The molecule has 2 rings (SSSR count). The number of likely N-dealkylation sites (N-methyl/N-ethyl adjacent to an activating group) is 1. The van der Waals surface area contributed by atoms with Crippen LogP contribution in [-0.4, -0.2) is 49.7 Å². The Bertz CT molecular complexity index is 774. The van der Waals surface area contributed by atoms with Crippen LogP contribution in [0.15, 0.2) is 18.2 Å². The Hall–Kier alpha value is -1.89. The van der Waals surface area contributed by atoms with Gasteiger partial charge in [-0.05, 0) is 29.4 Å². The molecule has 1 unspecified atom stereocenters. The normalized spacial score (nSPS) is 19.0. The van der Waals surface area contributed by atoms with E-state index in [1.165, 1.54) is 11.9 Å². The standard InChI is InChI=1S/C19H28N2O4S/c1-12(2)15-7-6-8-16(13(3)4)17(15)20-18(22)19(23)21(5)14-9-10-26(24,25)11-14/h6-8,12-14H,9-11H2,1-5H3,(H,20,22). The van der Waals surface area contributed by atoms with Gasteiger partial charge in [-0.2, -0.15) is 0 Å². The Morgan fingerprint density at radius 3 is 2.08 bits per heavy atom. The molecule has 1 heterocycles. The molecule has 1 aromatic rings. The summed E-state index contributed by atoms with van der Waals surface area (Å²) < 4.78 is 23.3. The lowest BCUT2D eigenvalue weighted by atomic mass is 9.92. The highest BCUT2D eigenvalue weighted by atomic mass is 32.2. The third kappa shape index (κ3) is 4.44. The first-order chi connectivity index (χ1) is 12.0. The quantitative estimate of drug-likeness (QED) is 0.814. The van der Waals surface area contributed by atoms with Crippen molar-refractivity contribution >= 4 is 27.3 Å². The van der Waals surface area contributed by atoms with Gasteiger partial charge in [-0.25, -0.2) is 8.42 Å². The van der Waals surface area contributed by atoms with E-state index in [-0.39, 0.29) is 23.3 Å². The molecule has 26 heavy (non-hydrogen) atoms. The number of benzene rings is 1. The number of amides is 2. The van der Waals surface area contributed by atoms with Crippen molar-refractivity contribution in [1.82, 2.24) is 4.90 Å². The average molecular weight is 381 g/mol. The van der Waals surface area contributed by atoms with E-state index in [1.54, 1.807) is 0 Å². The number of nitrogens with zero attached hydrogens (tertiary/aromatic N) is 1. The van der Waals surface area contributed by atoms with E-state index in [4.69, 9.17) is 0 Å². The van der Waals surface area contributed by atoms with Crippen molar-refractivity contribution < 1.29 is 18.0 Å². The van der Waals surface area contributed by atoms with Crippen molar-refractivity contribution in [2.45, 2.75) is 52.0 Å². The first-order valence-electron chi connectivity index (χ1n) is 8.95. The summed E-state index contributed by atoms with van der Waals surface area (Å²) in [6.07, 6.45) is 0.373. The van der Waals surface area contributed by atoms with Crippen LogP contribution in [0.3, 0.4) is 0 Å². The molecule has 6 nitrogen and oxygen atoms in total. The van der Waals surface area contributed by atoms with Crippen LogP contribution in [0.4, 0.5) is 5.69 Å². The van der Waals surface area contributed by atoms with Gasteiger partial charge in [0.1, 0.15) is 0 Å². The van der Waals surface area contributed by atoms with Crippen LogP contribution < -0.4 is 5.32 Å². The molecule has 1 aromatic carbocycles. The van der Waals surface area contributed by atoms with Crippen LogP contribution in [0.1, 0.15) is 57.1 Å². The van der Waals surface area contributed by atoms with Crippen molar-refractivity contribution in [3.05, 3.63) is 29.3 Å². The molecule has 0 aromatic heterocycles. The second-order valence-corrected chi connectivity index (χ2v) is 9.78. The Balaban J connectivity index is 2.23. The Kier molecular flexibility index (Phi) is 6.11. The fourth-order valence-corrected chi connectivity index (χ4v) is 5.04. The molecule has 1 fully saturated rings. The maximum absolute atomic E-state index is 12.6. The van der Waals surface area contributed by atoms with Crippen molar-refractivity contribution in [2.24, 2.45) is 0 Å². The third-order valence-corrected chi connectivity index (χ3v) is 6.63. The second-order valence-electron chi connectivity index (χ2n) is 7.55. The number of sulfone groups is 1. The molecule has 0 radical (unpaired) electrons. The molecule has 144 valence electrons. The van der Waals surface area contributed by atoms with Crippen LogP contribution in [0, 0.1) is 0 Å². The number of nitrogens with one attached hydrogen (secondary N) is 1. The van der Waals surface area contributed by atoms with Crippen LogP contribution in [0.25, 0.3) is 0 Å². The topological polar surface area (TPSA) is 83.6 Å². The van der Waals surface area contributed by atoms with E-state index >= 15 is 0 Å². The number of para-hydroxylation sites is 1. The van der Waals surface area contributed by atoms with Gasteiger partial charge < -0.3 is 10.2 Å². The molecule has 0 bridgehead atoms. The number of carbonyl (C=O) groups is 2. The van der Waals surface area contributed by atoms with E-state index in [9.17, 15) is 18.0 Å². The fraction of sp³-hybridized carbons (Fsp3) is 0.579. The molecule has 7 heteroatoms. The summed E-state index contributed by atoms with van der Waals surface area (Å²) in [6, 6.07) is 5.41. The second kappa shape index (κ2) is 7.78. The van der Waals surface area contributed by atoms with Gasteiger partial charge in [0.2, 0.25) is 0 Å². The number of anilines is 1. The summed E-state index contributed by atoms with van der Waals surface area (Å²) in [7, 11) is -1.63. The van der Waals surface area contributed by atoms with Gasteiger partial charge in [-0.15, -0.1) is 0 Å². The lowest BCUT2D eigenvalue weighted by molar-refractivity contribution is -0.143. The summed E-state index contributed by atoms with van der Waals surface area (Å²) in [5.74, 6) is -1.08. The van der Waals surface area contributed by atoms with E-state index in [0.29, 0.717) is 12.1 Å². The maximum atomic E-state index is 12.6. The summed E-state index contributed by atoms with van der Waals surface area (Å²) in [5.41, 5.74) is 2.63. The number of hydrogen-bond donors (Lipinski definition) is 1. The first kappa shape index (κ1) is 20.4. The van der Waals surface area contributed by atoms with Gasteiger partial charge in [0.15, 0.2) is 9.84 Å². The number of carbonyl (C=O) groups excluding carboxylic acids is 2. The van der Waals surface area contributed by atoms with E-state index in [0.717, 1.165) is 11.1 Å². The molecule has 1 aliphatic heterocycles. The molecule has 1 N–H and O–H groups in total. The molecule has 1 aliphatic rings. The smallest absolute Gasteiger partial charge is 0.313 e. The highest BCUT2D eigenvalue weighted by Crippen LogP contribution is 2.32. The fourth-order valence-electron chi connectivity index (χ4n) is 3.27. The Morgan fingerprint density at radius 2 is 1.65 bits per heavy atom. The van der Waals surface area contributed by atoms with Crippen LogP contribution in [0.5, 0.6) is 0 Å². The van der Waals surface area contributed by atoms with Crippen molar-refractivity contribution in [2.75, 3.05) is 23.9 Å². The number of rotatable bonds is 4. The molecular weight excluding hydrogens is 352 g/mol. The van der Waals surface area contributed by atoms with Crippen LogP contribution in [0.2, 0.25) is 0 Å². The lowest BCUT2D eigenvalue weighted by Gasteiger charge is -2.24. The van der Waals surface area contributed by atoms with Gasteiger partial charge in [-0.1, -0.05) is 45.9 Å². The molecule has 0 saturated carbocycles. The predicted molar refractivity (Wildman–Crippen MR) is 103 cm³/mol. The summed E-state index contributed by atoms with van der Waals surface area (Å²) in [5, 5.41) is 2.79. The van der Waals surface area contributed by atoms with Gasteiger partial charge in [0.25, 0.3) is 0 Å². The summed E-state index contributed by atoms with van der Waals surface area (Å²) in [4.78, 5) is 26.4. The molecular formula is C19H28N2O4S. The number of hydrogen-bond acceptors (Lipinski definition) is 4. The minimum Gasteiger partial charge on any atom is -0.333 e. The minimum absolute atomic E-state index is 0.0601. The van der Waals surface area contributed by atoms with E-state index < -0.39 is 27.7 Å². The van der Waals surface area contributed by atoms with Crippen LogP contribution >= 0.6 is 0 Å². The molecule has 1 saturated heterocycles. The highest BCUT2D eigenvalue weighted by Gasteiger charge is 2.35. The van der Waals surface area contributed by atoms with Crippen molar-refractivity contribution in [3.8, 4) is 0 Å². The minimum atomic E-state index is -3.12. The van der Waals surface area contributed by atoms with Gasteiger partial charge in [0, 0.05) is 18.8 Å². The lowest BCUT2D eigenvalue weighted by Crippen LogP contribution is -2.44. The Labute approximate surface area is 155 Å². The zero-order chi connectivity index (χ0) is 19.6. The zero-order valence-electron chi connectivity index (χ0n) is 16.1. The largest absolute Gasteiger partial charge is 0.333 e. The van der Waals surface area contributed by atoms with Gasteiger partial charge in [0.05, 0.1) is 11.5 Å². The summed E-state index contributed by atoms with van der Waals surface area (Å²) >= 11 is 0. The molecule has 1 atom stereocenters. The highest BCUT2D eigenvalue weighted by molar-refractivity contribution is 7.91. The maximum Gasteiger partial charge on any atom is 0.313 e. The first-order valence-corrected chi connectivity index (χ1v) is 10.8. The van der Waals surface area contributed by atoms with Crippen molar-refractivity contribution in [1.29, 1.82) is 0 Å². The van der Waals surface area contributed by atoms with Crippen molar-refractivity contribution in [3.63, 3.8) is 0 Å². The Morgan fingerprint density at radius 1 is 1.12 bits per heavy atom. The SMILES string of the molecule is CC(C)c1cccc(C(C)C)c1NC(=O)C(=O)N(C)C1CCS(=O)(=O)C1. The molecule has 2 amide bonds. The van der Waals surface area contributed by atoms with Gasteiger partial charge >= 0.3 is 11.8 Å². The van der Waals surface area contributed by atoms with E-state index in [1.807, 2.05) is 45.9 Å². The van der Waals surface area contributed by atoms with Crippen LogP contribution in [-0.2, 0) is 19.4 Å². The van der Waals surface area contributed by atoms with Gasteiger partial charge in [-0.3, -0.25) is 9.59 Å². The predicted octanol–water partition coefficient (Wildman–Crippen LogP) is 2.52. The summed E-state index contributed by atoms with van der Waals surface area (Å²) in [6.45, 7) is 8.14. The zero-order valence-corrected chi connectivity index (χ0v) is 16.9.